The van der Waals surface area contributed by atoms with Gasteiger partial charge in [-0.2, -0.15) is 0 Å². The first kappa shape index (κ1) is 10.9. The lowest BCUT2D eigenvalue weighted by Gasteiger charge is -2.09. The summed E-state index contributed by atoms with van der Waals surface area (Å²) in [6.07, 6.45) is 0.871. The molecule has 1 saturated heterocycles. The van der Waals surface area contributed by atoms with Crippen LogP contribution in [0.1, 0.15) is 20.3 Å². The number of cyclic esters (lactones) is 1. The van der Waals surface area contributed by atoms with Gasteiger partial charge in [-0.3, -0.25) is 4.79 Å². The van der Waals surface area contributed by atoms with Crippen molar-refractivity contribution >= 4 is 17.7 Å². The Morgan fingerprint density at radius 3 is 2.92 bits per heavy atom. The summed E-state index contributed by atoms with van der Waals surface area (Å²) in [7, 11) is 0. The molecule has 3 atom stereocenters. The van der Waals surface area contributed by atoms with E-state index >= 15 is 0 Å². The van der Waals surface area contributed by atoms with Crippen molar-refractivity contribution in [1.82, 2.24) is 0 Å². The van der Waals surface area contributed by atoms with Gasteiger partial charge in [0.25, 0.3) is 0 Å². The number of hydrogen-bond acceptors (Lipinski definition) is 4. The van der Waals surface area contributed by atoms with Crippen LogP contribution in [0, 0.1) is 5.92 Å². The van der Waals surface area contributed by atoms with Crippen molar-refractivity contribution in [2.45, 2.75) is 31.6 Å². The Balaban J connectivity index is 2.25. The topological polar surface area (TPSA) is 46.5 Å². The lowest BCUT2D eigenvalue weighted by atomic mass is 10.2. The highest BCUT2D eigenvalue weighted by Gasteiger charge is 2.32. The first-order chi connectivity index (χ1) is 6.13. The molecule has 0 amide bonds. The maximum Gasteiger partial charge on any atom is 0.319 e. The second-order valence-electron chi connectivity index (χ2n) is 3.59. The number of aliphatic hydroxyl groups is 1. The second-order valence-corrected chi connectivity index (χ2v) is 4.83. The molecule has 1 aliphatic rings. The van der Waals surface area contributed by atoms with E-state index in [-0.39, 0.29) is 29.8 Å². The minimum Gasteiger partial charge on any atom is -0.462 e. The van der Waals surface area contributed by atoms with Gasteiger partial charge in [0.05, 0.1) is 0 Å². The summed E-state index contributed by atoms with van der Waals surface area (Å²) in [4.78, 5) is 11.2. The van der Waals surface area contributed by atoms with Crippen molar-refractivity contribution < 1.29 is 14.6 Å². The monoisotopic (exact) mass is 204 g/mol. The quantitative estimate of drug-likeness (QED) is 0.695. The van der Waals surface area contributed by atoms with Crippen molar-refractivity contribution in [3.05, 3.63) is 0 Å². The zero-order chi connectivity index (χ0) is 9.84. The van der Waals surface area contributed by atoms with Crippen LogP contribution in [-0.4, -0.2) is 34.8 Å². The zero-order valence-electron chi connectivity index (χ0n) is 8.03. The van der Waals surface area contributed by atoms with E-state index in [0.29, 0.717) is 0 Å². The molecule has 4 heteroatoms. The molecule has 1 fully saturated rings. The predicted molar refractivity (Wildman–Crippen MR) is 52.7 cm³/mol. The fraction of sp³-hybridized carbons (Fsp3) is 0.889. The Bertz CT molecular complexity index is 184. The van der Waals surface area contributed by atoms with Gasteiger partial charge in [-0.1, -0.05) is 6.92 Å². The summed E-state index contributed by atoms with van der Waals surface area (Å²) in [5.41, 5.74) is 0. The van der Waals surface area contributed by atoms with E-state index in [2.05, 4.69) is 0 Å². The maximum atomic E-state index is 11.2. The van der Waals surface area contributed by atoms with E-state index in [0.717, 1.165) is 12.2 Å². The molecule has 3 nitrogen and oxygen atoms in total. The van der Waals surface area contributed by atoms with Crippen molar-refractivity contribution in [2.75, 3.05) is 12.4 Å². The molecular formula is C9H16O3S. The van der Waals surface area contributed by atoms with Crippen LogP contribution in [0.3, 0.4) is 0 Å². The fourth-order valence-corrected chi connectivity index (χ4v) is 2.45. The average Bonchev–Trinajstić information content (AvgIpc) is 2.41. The molecule has 13 heavy (non-hydrogen) atoms. The van der Waals surface area contributed by atoms with E-state index in [1.807, 2.05) is 13.8 Å². The third-order valence-corrected chi connectivity index (χ3v) is 3.57. The Morgan fingerprint density at radius 2 is 2.46 bits per heavy atom. The molecule has 1 aliphatic heterocycles. The molecule has 0 aromatic rings. The van der Waals surface area contributed by atoms with Crippen molar-refractivity contribution in [2.24, 2.45) is 5.92 Å². The summed E-state index contributed by atoms with van der Waals surface area (Å²) < 4.78 is 5.02. The van der Waals surface area contributed by atoms with Crippen LogP contribution in [0.4, 0.5) is 0 Å². The van der Waals surface area contributed by atoms with Crippen LogP contribution in [0.2, 0.25) is 0 Å². The molecule has 0 spiro atoms. The highest BCUT2D eigenvalue weighted by Crippen LogP contribution is 2.27. The van der Waals surface area contributed by atoms with Gasteiger partial charge in [0.15, 0.2) is 0 Å². The van der Waals surface area contributed by atoms with Crippen molar-refractivity contribution in [3.63, 3.8) is 0 Å². The minimum absolute atomic E-state index is 0.0102. The van der Waals surface area contributed by atoms with Gasteiger partial charge in [-0.05, 0) is 18.6 Å². The molecule has 0 aromatic heterocycles. The molecular weight excluding hydrogens is 188 g/mol. The molecule has 0 bridgehead atoms. The van der Waals surface area contributed by atoms with Crippen molar-refractivity contribution in [3.8, 4) is 0 Å². The van der Waals surface area contributed by atoms with Crippen LogP contribution in [-0.2, 0) is 9.53 Å². The minimum atomic E-state index is -0.0948. The number of ether oxygens (including phenoxy) is 1. The summed E-state index contributed by atoms with van der Waals surface area (Å²) in [5, 5.41) is 8.79. The first-order valence-corrected chi connectivity index (χ1v) is 5.61. The lowest BCUT2D eigenvalue weighted by molar-refractivity contribution is -0.140. The maximum absolute atomic E-state index is 11.2. The Labute approximate surface area is 82.8 Å². The summed E-state index contributed by atoms with van der Waals surface area (Å²) in [5.74, 6) is 0.986. The number of carbonyl (C=O) groups excluding carboxylic acids is 1. The van der Waals surface area contributed by atoms with E-state index in [1.54, 1.807) is 11.8 Å². The van der Waals surface area contributed by atoms with Gasteiger partial charge < -0.3 is 9.84 Å². The highest BCUT2D eigenvalue weighted by atomic mass is 32.2. The van der Waals surface area contributed by atoms with Gasteiger partial charge in [0, 0.05) is 13.0 Å². The molecule has 1 rings (SSSR count). The number of thioether (sulfide) groups is 1. The van der Waals surface area contributed by atoms with Crippen LogP contribution in [0.15, 0.2) is 0 Å². The standard InChI is InChI=1S/C9H16O3S/c1-6(4-10)5-13-8-3-7(2)12-9(8)11/h6-8,10H,3-5H2,1-2H3. The molecule has 0 saturated carbocycles. The summed E-state index contributed by atoms with van der Waals surface area (Å²) in [6, 6.07) is 0. The number of hydrogen-bond donors (Lipinski definition) is 1. The van der Waals surface area contributed by atoms with Gasteiger partial charge in [0.1, 0.15) is 11.4 Å². The molecule has 0 aliphatic carbocycles. The SMILES string of the molecule is CC(CO)CSC1CC(C)OC1=O. The van der Waals surface area contributed by atoms with Gasteiger partial charge in [-0.15, -0.1) is 11.8 Å². The van der Waals surface area contributed by atoms with E-state index in [1.165, 1.54) is 0 Å². The van der Waals surface area contributed by atoms with E-state index in [4.69, 9.17) is 9.84 Å². The molecule has 0 aromatic carbocycles. The Kier molecular flexibility index (Phi) is 4.06. The summed E-state index contributed by atoms with van der Waals surface area (Å²) in [6.45, 7) is 4.06. The molecule has 76 valence electrons. The molecule has 3 unspecified atom stereocenters. The van der Waals surface area contributed by atoms with Crippen LogP contribution < -0.4 is 0 Å². The Morgan fingerprint density at radius 1 is 1.77 bits per heavy atom. The largest absolute Gasteiger partial charge is 0.462 e. The molecule has 1 heterocycles. The predicted octanol–water partition coefficient (Wildman–Crippen LogP) is 1.05. The van der Waals surface area contributed by atoms with Crippen LogP contribution in [0.25, 0.3) is 0 Å². The Hall–Kier alpha value is -0.220. The van der Waals surface area contributed by atoms with Crippen LogP contribution in [0.5, 0.6) is 0 Å². The number of rotatable bonds is 4. The number of carbonyl (C=O) groups is 1. The molecule has 1 N–H and O–H groups in total. The van der Waals surface area contributed by atoms with Gasteiger partial charge in [-0.25, -0.2) is 0 Å². The number of esters is 1. The van der Waals surface area contributed by atoms with E-state index < -0.39 is 0 Å². The average molecular weight is 204 g/mol. The third kappa shape index (κ3) is 3.19. The highest BCUT2D eigenvalue weighted by molar-refractivity contribution is 8.00. The second kappa shape index (κ2) is 4.86. The summed E-state index contributed by atoms with van der Waals surface area (Å²) >= 11 is 1.59. The van der Waals surface area contributed by atoms with Crippen molar-refractivity contribution in [1.29, 1.82) is 0 Å². The van der Waals surface area contributed by atoms with Gasteiger partial charge in [0.2, 0.25) is 0 Å². The normalized spacial score (nSPS) is 30.2. The lowest BCUT2D eigenvalue weighted by Crippen LogP contribution is -2.13. The zero-order valence-corrected chi connectivity index (χ0v) is 8.84. The smallest absolute Gasteiger partial charge is 0.319 e. The van der Waals surface area contributed by atoms with E-state index in [9.17, 15) is 4.79 Å². The van der Waals surface area contributed by atoms with Crippen LogP contribution >= 0.6 is 11.8 Å². The number of aliphatic hydroxyl groups excluding tert-OH is 1. The van der Waals surface area contributed by atoms with Gasteiger partial charge >= 0.3 is 5.97 Å². The third-order valence-electron chi connectivity index (χ3n) is 2.02. The first-order valence-electron chi connectivity index (χ1n) is 4.56. The fourth-order valence-electron chi connectivity index (χ4n) is 1.19. The molecule has 0 radical (unpaired) electrons.